The minimum atomic E-state index is -2.94. The zero-order valence-corrected chi connectivity index (χ0v) is 8.41. The minimum absolute atomic E-state index is 0.242. The van der Waals surface area contributed by atoms with Crippen LogP contribution in [0.4, 0.5) is 14.5 Å². The Labute approximate surface area is 93.4 Å². The highest BCUT2D eigenvalue weighted by Crippen LogP contribution is 2.30. The van der Waals surface area contributed by atoms with Crippen molar-refractivity contribution in [2.24, 2.45) is 0 Å². The van der Waals surface area contributed by atoms with Crippen molar-refractivity contribution in [2.75, 3.05) is 0 Å². The van der Waals surface area contributed by atoms with Crippen LogP contribution >= 0.6 is 11.6 Å². The molecule has 0 fully saturated rings. The van der Waals surface area contributed by atoms with E-state index in [0.717, 1.165) is 0 Å². The van der Waals surface area contributed by atoms with Gasteiger partial charge in [-0.3, -0.25) is 10.1 Å². The molecule has 8 heteroatoms. The van der Waals surface area contributed by atoms with E-state index in [1.165, 1.54) is 0 Å². The summed E-state index contributed by atoms with van der Waals surface area (Å²) in [4.78, 5) is 13.0. The summed E-state index contributed by atoms with van der Waals surface area (Å²) in [6.45, 7) is 0. The fraction of sp³-hybridized carbons (Fsp3) is 0.250. The molecule has 5 nitrogen and oxygen atoms in total. The molecule has 0 saturated carbocycles. The number of pyridine rings is 1. The van der Waals surface area contributed by atoms with Crippen LogP contribution in [-0.2, 0) is 6.42 Å². The van der Waals surface area contributed by atoms with Gasteiger partial charge in [0.2, 0.25) is 5.15 Å². The number of nitrogens with zero attached hydrogens (tertiary/aromatic N) is 3. The van der Waals surface area contributed by atoms with Gasteiger partial charge in [-0.2, -0.15) is 5.26 Å². The molecular weight excluding hydrogens is 244 g/mol. The van der Waals surface area contributed by atoms with Crippen LogP contribution in [0.15, 0.2) is 6.07 Å². The van der Waals surface area contributed by atoms with Gasteiger partial charge in [-0.15, -0.1) is 0 Å². The smallest absolute Gasteiger partial charge is 0.258 e. The van der Waals surface area contributed by atoms with E-state index >= 15 is 0 Å². The Hall–Kier alpha value is -1.81. The van der Waals surface area contributed by atoms with Crippen molar-refractivity contribution in [3.63, 3.8) is 0 Å². The van der Waals surface area contributed by atoms with Crippen molar-refractivity contribution in [1.82, 2.24) is 4.98 Å². The Kier molecular flexibility index (Phi) is 3.68. The van der Waals surface area contributed by atoms with Crippen molar-refractivity contribution in [3.8, 4) is 6.07 Å². The summed E-state index contributed by atoms with van der Waals surface area (Å²) < 4.78 is 25.0. The Bertz CT molecular complexity index is 473. The fourth-order valence-electron chi connectivity index (χ4n) is 1.06. The summed E-state index contributed by atoms with van der Waals surface area (Å²) in [5.74, 6) is 0. The molecule has 0 radical (unpaired) electrons. The third-order valence-electron chi connectivity index (χ3n) is 1.75. The zero-order valence-electron chi connectivity index (χ0n) is 7.65. The van der Waals surface area contributed by atoms with Gasteiger partial charge < -0.3 is 0 Å². The predicted octanol–water partition coefficient (Wildman–Crippen LogP) is 2.65. The van der Waals surface area contributed by atoms with Crippen LogP contribution in [0.2, 0.25) is 5.15 Å². The van der Waals surface area contributed by atoms with Crippen LogP contribution in [-0.4, -0.2) is 9.91 Å². The molecule has 1 aromatic rings. The van der Waals surface area contributed by atoms with Gasteiger partial charge in [-0.05, 0) is 0 Å². The van der Waals surface area contributed by atoms with Gasteiger partial charge >= 0.3 is 5.69 Å². The Morgan fingerprint density at radius 2 is 2.31 bits per heavy atom. The molecule has 0 saturated heterocycles. The minimum Gasteiger partial charge on any atom is -0.258 e. The molecule has 84 valence electrons. The van der Waals surface area contributed by atoms with Gasteiger partial charge in [0, 0.05) is 11.6 Å². The van der Waals surface area contributed by atoms with Crippen LogP contribution < -0.4 is 0 Å². The van der Waals surface area contributed by atoms with Gasteiger partial charge in [-0.25, -0.2) is 13.8 Å². The standard InChI is InChI=1S/C8H4ClF2N3O2/c9-7-6(14(15)16)3-4(8(10)11)5(13-7)1-2-12/h3,8H,1H2. The molecule has 0 unspecified atom stereocenters. The lowest BCUT2D eigenvalue weighted by Crippen LogP contribution is -2.02. The van der Waals surface area contributed by atoms with E-state index in [9.17, 15) is 18.9 Å². The second kappa shape index (κ2) is 4.81. The highest BCUT2D eigenvalue weighted by Gasteiger charge is 2.22. The molecule has 0 atom stereocenters. The molecular formula is C8H4ClF2N3O2. The molecule has 1 aromatic heterocycles. The van der Waals surface area contributed by atoms with Crippen LogP contribution in [0, 0.1) is 21.4 Å². The maximum absolute atomic E-state index is 12.5. The van der Waals surface area contributed by atoms with Gasteiger partial charge in [0.15, 0.2) is 0 Å². The summed E-state index contributed by atoms with van der Waals surface area (Å²) in [5.41, 5.74) is -1.58. The molecule has 0 aromatic carbocycles. The largest absolute Gasteiger partial charge is 0.306 e. The Morgan fingerprint density at radius 3 is 2.75 bits per heavy atom. The number of alkyl halides is 2. The summed E-state index contributed by atoms with van der Waals surface area (Å²) in [6, 6.07) is 2.28. The average Bonchev–Trinajstić information content (AvgIpc) is 2.17. The van der Waals surface area contributed by atoms with Crippen LogP contribution in [0.1, 0.15) is 17.7 Å². The first-order chi connectivity index (χ1) is 7.47. The molecule has 1 rings (SSSR count). The summed E-state index contributed by atoms with van der Waals surface area (Å²) in [5, 5.41) is 18.3. The summed E-state index contributed by atoms with van der Waals surface area (Å²) in [6.07, 6.45) is -3.32. The topological polar surface area (TPSA) is 79.8 Å². The second-order valence-electron chi connectivity index (χ2n) is 2.73. The van der Waals surface area contributed by atoms with Crippen molar-refractivity contribution < 1.29 is 13.7 Å². The van der Waals surface area contributed by atoms with Gasteiger partial charge in [-0.1, -0.05) is 11.6 Å². The number of nitro groups is 1. The Morgan fingerprint density at radius 1 is 1.69 bits per heavy atom. The number of halogens is 3. The quantitative estimate of drug-likeness (QED) is 0.467. The van der Waals surface area contributed by atoms with Gasteiger partial charge in [0.1, 0.15) is 0 Å². The number of aromatic nitrogens is 1. The molecule has 1 heterocycles. The van der Waals surface area contributed by atoms with Crippen LogP contribution in [0.25, 0.3) is 0 Å². The fourth-order valence-corrected chi connectivity index (χ4v) is 1.29. The highest BCUT2D eigenvalue weighted by atomic mass is 35.5. The first-order valence-corrected chi connectivity index (χ1v) is 4.34. The first kappa shape index (κ1) is 12.3. The molecule has 0 aliphatic carbocycles. The second-order valence-corrected chi connectivity index (χ2v) is 3.08. The number of nitriles is 1. The van der Waals surface area contributed by atoms with E-state index < -0.39 is 27.8 Å². The van der Waals surface area contributed by atoms with Crippen molar-refractivity contribution in [2.45, 2.75) is 12.8 Å². The van der Waals surface area contributed by atoms with E-state index in [1.807, 2.05) is 0 Å². The van der Waals surface area contributed by atoms with Crippen molar-refractivity contribution in [3.05, 3.63) is 32.6 Å². The third-order valence-corrected chi connectivity index (χ3v) is 2.03. The Balaban J connectivity index is 3.38. The van der Waals surface area contributed by atoms with Gasteiger partial charge in [0.25, 0.3) is 6.43 Å². The van der Waals surface area contributed by atoms with Crippen LogP contribution in [0.3, 0.4) is 0 Å². The predicted molar refractivity (Wildman–Crippen MR) is 50.2 cm³/mol. The molecule has 0 spiro atoms. The lowest BCUT2D eigenvalue weighted by Gasteiger charge is -2.05. The normalized spacial score (nSPS) is 10.2. The van der Waals surface area contributed by atoms with E-state index in [4.69, 9.17) is 16.9 Å². The molecule has 16 heavy (non-hydrogen) atoms. The van der Waals surface area contributed by atoms with E-state index in [-0.39, 0.29) is 12.1 Å². The lowest BCUT2D eigenvalue weighted by molar-refractivity contribution is -0.385. The SMILES string of the molecule is N#CCc1nc(Cl)c([N+](=O)[O-])cc1C(F)F. The van der Waals surface area contributed by atoms with Crippen LogP contribution in [0.5, 0.6) is 0 Å². The third kappa shape index (κ3) is 2.41. The molecule has 0 bridgehead atoms. The molecule has 0 amide bonds. The maximum atomic E-state index is 12.5. The first-order valence-electron chi connectivity index (χ1n) is 3.96. The van der Waals surface area contributed by atoms with Gasteiger partial charge in [0.05, 0.1) is 23.1 Å². The molecule has 0 aliphatic heterocycles. The maximum Gasteiger partial charge on any atom is 0.306 e. The lowest BCUT2D eigenvalue weighted by atomic mass is 10.1. The average molecular weight is 248 g/mol. The van der Waals surface area contributed by atoms with Crippen molar-refractivity contribution >= 4 is 17.3 Å². The monoisotopic (exact) mass is 247 g/mol. The van der Waals surface area contributed by atoms with E-state index in [1.54, 1.807) is 6.07 Å². The molecule has 0 aliphatic rings. The summed E-state index contributed by atoms with van der Waals surface area (Å²) in [7, 11) is 0. The zero-order chi connectivity index (χ0) is 12.3. The van der Waals surface area contributed by atoms with E-state index in [0.29, 0.717) is 6.07 Å². The van der Waals surface area contributed by atoms with Crippen molar-refractivity contribution in [1.29, 1.82) is 5.26 Å². The highest BCUT2D eigenvalue weighted by molar-refractivity contribution is 6.31. The number of hydrogen-bond donors (Lipinski definition) is 0. The van der Waals surface area contributed by atoms with E-state index in [2.05, 4.69) is 4.98 Å². The number of rotatable bonds is 3. The summed E-state index contributed by atoms with van der Waals surface area (Å²) >= 11 is 5.43. The number of hydrogen-bond acceptors (Lipinski definition) is 4. The molecule has 0 N–H and O–H groups in total.